The van der Waals surface area contributed by atoms with Crippen LogP contribution in [0.5, 0.6) is 5.75 Å². The van der Waals surface area contributed by atoms with E-state index >= 15 is 0 Å². The van der Waals surface area contributed by atoms with Crippen LogP contribution in [-0.4, -0.2) is 12.5 Å². The van der Waals surface area contributed by atoms with Crippen LogP contribution in [0.2, 0.25) is 5.02 Å². The van der Waals surface area contributed by atoms with E-state index in [9.17, 15) is 4.79 Å². The predicted molar refractivity (Wildman–Crippen MR) is 84.9 cm³/mol. The van der Waals surface area contributed by atoms with Crippen molar-refractivity contribution in [3.63, 3.8) is 0 Å². The lowest BCUT2D eigenvalue weighted by Gasteiger charge is -2.07. The second-order valence-electron chi connectivity index (χ2n) is 4.69. The summed E-state index contributed by atoms with van der Waals surface area (Å²) in [5.41, 5.74) is 1.58. The minimum absolute atomic E-state index is 0.114. The van der Waals surface area contributed by atoms with Crippen molar-refractivity contribution >= 4 is 17.5 Å². The summed E-state index contributed by atoms with van der Waals surface area (Å²) in [6.07, 6.45) is 0.960. The van der Waals surface area contributed by atoms with Gasteiger partial charge in [0.1, 0.15) is 5.75 Å². The van der Waals surface area contributed by atoms with Crippen molar-refractivity contribution in [2.75, 3.05) is 6.61 Å². The lowest BCUT2D eigenvalue weighted by molar-refractivity contribution is 0.0951. The number of carbonyl (C=O) groups excluding carboxylic acids is 1. The van der Waals surface area contributed by atoms with Crippen LogP contribution >= 0.6 is 11.6 Å². The molecular formula is C17H18ClNO2. The fourth-order valence-corrected chi connectivity index (χ4v) is 2.07. The molecule has 0 spiro atoms. The molecule has 1 amide bonds. The van der Waals surface area contributed by atoms with E-state index in [0.29, 0.717) is 23.7 Å². The second kappa shape index (κ2) is 7.70. The van der Waals surface area contributed by atoms with Gasteiger partial charge in [0.2, 0.25) is 0 Å². The molecule has 2 aromatic carbocycles. The summed E-state index contributed by atoms with van der Waals surface area (Å²) >= 11 is 5.91. The van der Waals surface area contributed by atoms with Crippen molar-refractivity contribution < 1.29 is 9.53 Å². The molecule has 0 aliphatic heterocycles. The van der Waals surface area contributed by atoms with Gasteiger partial charge < -0.3 is 10.1 Å². The van der Waals surface area contributed by atoms with Crippen molar-refractivity contribution in [2.45, 2.75) is 19.9 Å². The third-order valence-corrected chi connectivity index (χ3v) is 3.17. The number of halogens is 1. The van der Waals surface area contributed by atoms with Crippen LogP contribution < -0.4 is 10.1 Å². The highest BCUT2D eigenvalue weighted by Gasteiger charge is 2.05. The van der Waals surface area contributed by atoms with E-state index in [1.807, 2.05) is 36.4 Å². The maximum absolute atomic E-state index is 12.0. The van der Waals surface area contributed by atoms with E-state index in [1.54, 1.807) is 12.1 Å². The molecular weight excluding hydrogens is 286 g/mol. The number of hydrogen-bond donors (Lipinski definition) is 1. The second-order valence-corrected chi connectivity index (χ2v) is 5.12. The van der Waals surface area contributed by atoms with Crippen molar-refractivity contribution in [2.24, 2.45) is 0 Å². The lowest BCUT2D eigenvalue weighted by Crippen LogP contribution is -2.22. The Balaban J connectivity index is 1.91. The predicted octanol–water partition coefficient (Wildman–Crippen LogP) is 4.06. The Hall–Kier alpha value is -2.00. The summed E-state index contributed by atoms with van der Waals surface area (Å²) in [4.78, 5) is 12.0. The van der Waals surface area contributed by atoms with Gasteiger partial charge in [-0.15, -0.1) is 0 Å². The summed E-state index contributed by atoms with van der Waals surface area (Å²) in [6, 6.07) is 14.6. The van der Waals surface area contributed by atoms with Crippen molar-refractivity contribution in [3.05, 3.63) is 64.7 Å². The van der Waals surface area contributed by atoms with Gasteiger partial charge in [0.25, 0.3) is 5.91 Å². The van der Waals surface area contributed by atoms with E-state index in [4.69, 9.17) is 16.3 Å². The van der Waals surface area contributed by atoms with Crippen LogP contribution in [0.1, 0.15) is 29.3 Å². The average Bonchev–Trinajstić information content (AvgIpc) is 2.51. The molecule has 0 atom stereocenters. The first-order valence-electron chi connectivity index (χ1n) is 6.94. The van der Waals surface area contributed by atoms with Gasteiger partial charge in [0.05, 0.1) is 6.61 Å². The summed E-state index contributed by atoms with van der Waals surface area (Å²) in [7, 11) is 0. The van der Waals surface area contributed by atoms with Crippen LogP contribution in [0.15, 0.2) is 48.5 Å². The molecule has 0 heterocycles. The highest BCUT2D eigenvalue weighted by atomic mass is 35.5. The number of rotatable bonds is 6. The van der Waals surface area contributed by atoms with Gasteiger partial charge in [-0.05, 0) is 48.4 Å². The van der Waals surface area contributed by atoms with E-state index in [0.717, 1.165) is 17.7 Å². The highest BCUT2D eigenvalue weighted by molar-refractivity contribution is 6.30. The number of hydrogen-bond acceptors (Lipinski definition) is 2. The van der Waals surface area contributed by atoms with Gasteiger partial charge in [0, 0.05) is 17.1 Å². The monoisotopic (exact) mass is 303 g/mol. The maximum atomic E-state index is 12.0. The number of nitrogens with one attached hydrogen (secondary N) is 1. The Labute approximate surface area is 129 Å². The van der Waals surface area contributed by atoms with E-state index in [-0.39, 0.29) is 5.91 Å². The van der Waals surface area contributed by atoms with Crippen LogP contribution in [0.4, 0.5) is 0 Å². The highest BCUT2D eigenvalue weighted by Crippen LogP contribution is 2.13. The van der Waals surface area contributed by atoms with Gasteiger partial charge in [0.15, 0.2) is 0 Å². The Morgan fingerprint density at radius 2 is 1.95 bits per heavy atom. The van der Waals surface area contributed by atoms with Gasteiger partial charge in [-0.25, -0.2) is 0 Å². The van der Waals surface area contributed by atoms with Gasteiger partial charge in [-0.1, -0.05) is 30.7 Å². The molecule has 110 valence electrons. The fourth-order valence-electron chi connectivity index (χ4n) is 1.85. The molecule has 0 aliphatic carbocycles. The molecule has 0 saturated carbocycles. The standard InChI is InChI=1S/C17H18ClNO2/c1-2-10-21-16-8-6-14(7-9-16)17(20)19-12-13-4-3-5-15(18)11-13/h3-9,11H,2,10,12H2,1H3,(H,19,20). The van der Waals surface area contributed by atoms with E-state index in [2.05, 4.69) is 12.2 Å². The van der Waals surface area contributed by atoms with E-state index in [1.165, 1.54) is 0 Å². The minimum Gasteiger partial charge on any atom is -0.494 e. The van der Waals surface area contributed by atoms with Gasteiger partial charge in [-0.2, -0.15) is 0 Å². The molecule has 1 N–H and O–H groups in total. The first-order valence-corrected chi connectivity index (χ1v) is 7.32. The lowest BCUT2D eigenvalue weighted by atomic mass is 10.2. The SMILES string of the molecule is CCCOc1ccc(C(=O)NCc2cccc(Cl)c2)cc1. The van der Waals surface area contributed by atoms with Gasteiger partial charge in [-0.3, -0.25) is 4.79 Å². The molecule has 2 aromatic rings. The first-order chi connectivity index (χ1) is 10.2. The van der Waals surface area contributed by atoms with E-state index < -0.39 is 0 Å². The van der Waals surface area contributed by atoms with Crippen molar-refractivity contribution in [3.8, 4) is 5.75 Å². The number of ether oxygens (including phenoxy) is 1. The molecule has 0 bridgehead atoms. The third kappa shape index (κ3) is 4.80. The molecule has 0 aromatic heterocycles. The normalized spacial score (nSPS) is 10.2. The summed E-state index contributed by atoms with van der Waals surface area (Å²) in [5, 5.41) is 3.53. The zero-order valence-electron chi connectivity index (χ0n) is 11.9. The first kappa shape index (κ1) is 15.4. The zero-order chi connectivity index (χ0) is 15.1. The fraction of sp³-hybridized carbons (Fsp3) is 0.235. The quantitative estimate of drug-likeness (QED) is 0.874. The molecule has 3 nitrogen and oxygen atoms in total. The Morgan fingerprint density at radius 1 is 1.19 bits per heavy atom. The number of amides is 1. The molecule has 0 fully saturated rings. The molecule has 4 heteroatoms. The van der Waals surface area contributed by atoms with Gasteiger partial charge >= 0.3 is 0 Å². The van der Waals surface area contributed by atoms with Crippen LogP contribution in [-0.2, 0) is 6.54 Å². The Bertz CT molecular complexity index is 596. The van der Waals surface area contributed by atoms with Crippen molar-refractivity contribution in [1.29, 1.82) is 0 Å². The van der Waals surface area contributed by atoms with Crippen LogP contribution in [0.25, 0.3) is 0 Å². The van der Waals surface area contributed by atoms with Crippen LogP contribution in [0.3, 0.4) is 0 Å². The molecule has 0 radical (unpaired) electrons. The largest absolute Gasteiger partial charge is 0.494 e. The molecule has 0 unspecified atom stereocenters. The van der Waals surface area contributed by atoms with Crippen molar-refractivity contribution in [1.82, 2.24) is 5.32 Å². The Kier molecular flexibility index (Phi) is 5.64. The molecule has 0 saturated heterocycles. The number of carbonyl (C=O) groups is 1. The zero-order valence-corrected chi connectivity index (χ0v) is 12.7. The molecule has 21 heavy (non-hydrogen) atoms. The Morgan fingerprint density at radius 3 is 2.62 bits per heavy atom. The minimum atomic E-state index is -0.114. The smallest absolute Gasteiger partial charge is 0.251 e. The summed E-state index contributed by atoms with van der Waals surface area (Å²) < 4.78 is 5.49. The topological polar surface area (TPSA) is 38.3 Å². The third-order valence-electron chi connectivity index (χ3n) is 2.93. The summed E-state index contributed by atoms with van der Waals surface area (Å²) in [5.74, 6) is 0.667. The average molecular weight is 304 g/mol. The number of benzene rings is 2. The van der Waals surface area contributed by atoms with Crippen LogP contribution in [0, 0.1) is 0 Å². The maximum Gasteiger partial charge on any atom is 0.251 e. The molecule has 0 aliphatic rings. The molecule has 2 rings (SSSR count). The summed E-state index contributed by atoms with van der Waals surface area (Å²) in [6.45, 7) is 3.19.